The van der Waals surface area contributed by atoms with Crippen molar-refractivity contribution in [1.29, 1.82) is 0 Å². The Balaban J connectivity index is 1.30. The molecule has 0 unspecified atom stereocenters. The average Bonchev–Trinajstić information content (AvgIpc) is 3.07. The molecule has 0 bridgehead atoms. The summed E-state index contributed by atoms with van der Waals surface area (Å²) in [5, 5.41) is 3.66. The first kappa shape index (κ1) is 16.5. The van der Waals surface area contributed by atoms with Gasteiger partial charge in [-0.1, -0.05) is 6.07 Å². The number of carbonyl (C=O) groups excluding carboxylic acids is 1. The summed E-state index contributed by atoms with van der Waals surface area (Å²) in [6.45, 7) is 5.48. The summed E-state index contributed by atoms with van der Waals surface area (Å²) in [5.74, 6) is 0.0433. The van der Waals surface area contributed by atoms with Crippen molar-refractivity contribution in [2.75, 3.05) is 46.4 Å². The topological polar surface area (TPSA) is 45.2 Å². The van der Waals surface area contributed by atoms with Crippen LogP contribution in [0.3, 0.4) is 0 Å². The summed E-state index contributed by atoms with van der Waals surface area (Å²) < 4.78 is 6.16. The molecule has 3 aliphatic heterocycles. The van der Waals surface area contributed by atoms with Gasteiger partial charge in [-0.3, -0.25) is 19.4 Å². The van der Waals surface area contributed by atoms with Crippen molar-refractivity contribution < 1.29 is 14.4 Å². The average molecular weight is 351 g/mol. The minimum absolute atomic E-state index is 0.0433. The first-order valence-electron chi connectivity index (χ1n) is 8.68. The van der Waals surface area contributed by atoms with Gasteiger partial charge in [0, 0.05) is 37.6 Å². The third-order valence-corrected chi connectivity index (χ3v) is 5.99. The lowest BCUT2D eigenvalue weighted by atomic mass is 9.90. The number of hydrogen-bond acceptors (Lipinski definition) is 6. The van der Waals surface area contributed by atoms with Crippen LogP contribution >= 0.6 is 11.3 Å². The zero-order chi connectivity index (χ0) is 16.6. The lowest BCUT2D eigenvalue weighted by molar-refractivity contribution is -0.224. The van der Waals surface area contributed by atoms with Crippen LogP contribution < -0.4 is 0 Å². The second kappa shape index (κ2) is 6.72. The Kier molecular flexibility index (Phi) is 4.62. The van der Waals surface area contributed by atoms with Crippen molar-refractivity contribution in [2.45, 2.75) is 31.0 Å². The Morgan fingerprint density at radius 3 is 2.92 bits per heavy atom. The van der Waals surface area contributed by atoms with E-state index < -0.39 is 0 Å². The fourth-order valence-electron chi connectivity index (χ4n) is 3.88. The molecule has 6 nitrogen and oxygen atoms in total. The van der Waals surface area contributed by atoms with Crippen molar-refractivity contribution in [3.05, 3.63) is 22.4 Å². The molecule has 1 spiro atoms. The molecule has 7 heteroatoms. The van der Waals surface area contributed by atoms with Gasteiger partial charge >= 0.3 is 0 Å². The van der Waals surface area contributed by atoms with Crippen molar-refractivity contribution in [3.63, 3.8) is 0 Å². The third kappa shape index (κ3) is 3.23. The number of hydrogen-bond donors (Lipinski definition) is 0. The van der Waals surface area contributed by atoms with Crippen molar-refractivity contribution in [1.82, 2.24) is 14.9 Å². The minimum Gasteiger partial charge on any atom is -0.369 e. The molecule has 4 rings (SSSR count). The van der Waals surface area contributed by atoms with Gasteiger partial charge in [0.25, 0.3) is 5.91 Å². The summed E-state index contributed by atoms with van der Waals surface area (Å²) in [5.41, 5.74) is -0.106. The quantitative estimate of drug-likeness (QED) is 0.819. The highest BCUT2D eigenvalue weighted by Crippen LogP contribution is 2.32. The van der Waals surface area contributed by atoms with Crippen LogP contribution in [-0.4, -0.2) is 78.9 Å². The molecular weight excluding hydrogens is 326 g/mol. The molecule has 3 fully saturated rings. The molecule has 0 aromatic carbocycles. The molecule has 3 aliphatic rings. The van der Waals surface area contributed by atoms with Crippen LogP contribution in [0.2, 0.25) is 0 Å². The maximum absolute atomic E-state index is 12.6. The fraction of sp³-hybridized carbons (Fsp3) is 0.706. The van der Waals surface area contributed by atoms with Crippen LogP contribution in [-0.2, 0) is 20.9 Å². The van der Waals surface area contributed by atoms with E-state index in [2.05, 4.69) is 27.3 Å². The minimum atomic E-state index is -0.222. The molecule has 0 aliphatic carbocycles. The SMILES string of the molecule is CN1CC2(CN(Cc3cccs3)C2)OC[C@H]1C(=O)N1CCCCO1. The number of hydroxylamine groups is 2. The van der Waals surface area contributed by atoms with E-state index in [-0.39, 0.29) is 17.6 Å². The van der Waals surface area contributed by atoms with Gasteiger partial charge in [0.15, 0.2) is 0 Å². The number of likely N-dealkylation sites (N-methyl/N-ethyl adjacent to an activating group) is 1. The number of amides is 1. The Morgan fingerprint density at radius 2 is 2.25 bits per heavy atom. The van der Waals surface area contributed by atoms with Crippen LogP contribution in [0.5, 0.6) is 0 Å². The van der Waals surface area contributed by atoms with E-state index in [0.29, 0.717) is 19.8 Å². The summed E-state index contributed by atoms with van der Waals surface area (Å²) in [6, 6.07) is 4.05. The van der Waals surface area contributed by atoms with Crippen molar-refractivity contribution >= 4 is 17.2 Å². The zero-order valence-corrected chi connectivity index (χ0v) is 15.0. The van der Waals surface area contributed by atoms with E-state index in [1.165, 1.54) is 9.94 Å². The van der Waals surface area contributed by atoms with Crippen LogP contribution in [0, 0.1) is 0 Å². The Bertz CT molecular complexity index is 568. The molecule has 0 N–H and O–H groups in total. The van der Waals surface area contributed by atoms with E-state index in [0.717, 1.165) is 39.0 Å². The van der Waals surface area contributed by atoms with Gasteiger partial charge < -0.3 is 4.74 Å². The van der Waals surface area contributed by atoms with Crippen LogP contribution in [0.25, 0.3) is 0 Å². The maximum atomic E-state index is 12.6. The van der Waals surface area contributed by atoms with Crippen molar-refractivity contribution in [3.8, 4) is 0 Å². The van der Waals surface area contributed by atoms with Gasteiger partial charge in [-0.2, -0.15) is 0 Å². The van der Waals surface area contributed by atoms with Gasteiger partial charge in [0.05, 0.1) is 13.2 Å². The molecule has 0 radical (unpaired) electrons. The number of nitrogens with zero attached hydrogens (tertiary/aromatic N) is 3. The predicted octanol–water partition coefficient (Wildman–Crippen LogP) is 1.19. The summed E-state index contributed by atoms with van der Waals surface area (Å²) in [7, 11) is 2.03. The number of ether oxygens (including phenoxy) is 1. The van der Waals surface area contributed by atoms with E-state index in [1.54, 1.807) is 11.3 Å². The van der Waals surface area contributed by atoms with Gasteiger partial charge in [0.1, 0.15) is 11.6 Å². The van der Waals surface area contributed by atoms with E-state index >= 15 is 0 Å². The predicted molar refractivity (Wildman–Crippen MR) is 91.6 cm³/mol. The Hall–Kier alpha value is -0.990. The fourth-order valence-corrected chi connectivity index (χ4v) is 4.63. The van der Waals surface area contributed by atoms with E-state index in [1.807, 2.05) is 7.05 Å². The van der Waals surface area contributed by atoms with Crippen LogP contribution in [0.1, 0.15) is 17.7 Å². The van der Waals surface area contributed by atoms with Crippen molar-refractivity contribution in [2.24, 2.45) is 0 Å². The van der Waals surface area contributed by atoms with E-state index in [4.69, 9.17) is 9.57 Å². The molecule has 0 saturated carbocycles. The number of thiophene rings is 1. The van der Waals surface area contributed by atoms with Crippen LogP contribution in [0.4, 0.5) is 0 Å². The lowest BCUT2D eigenvalue weighted by Crippen LogP contribution is -2.72. The molecule has 1 aromatic heterocycles. The summed E-state index contributed by atoms with van der Waals surface area (Å²) in [6.07, 6.45) is 2.05. The van der Waals surface area contributed by atoms with Gasteiger partial charge in [-0.25, -0.2) is 5.06 Å². The Morgan fingerprint density at radius 1 is 1.38 bits per heavy atom. The highest BCUT2D eigenvalue weighted by Gasteiger charge is 2.50. The molecule has 4 heterocycles. The summed E-state index contributed by atoms with van der Waals surface area (Å²) >= 11 is 1.80. The molecule has 1 atom stereocenters. The molecule has 1 aromatic rings. The van der Waals surface area contributed by atoms with Crippen LogP contribution in [0.15, 0.2) is 17.5 Å². The molecular formula is C17H25N3O3S. The highest BCUT2D eigenvalue weighted by molar-refractivity contribution is 7.09. The molecule has 1 amide bonds. The number of morpholine rings is 1. The Labute approximate surface area is 146 Å². The van der Waals surface area contributed by atoms with E-state index in [9.17, 15) is 4.79 Å². The standard InChI is InChI=1S/C17H25N3O3S/c1-18-11-17(12-19(13-17)9-14-5-4-8-24-14)22-10-15(18)16(21)20-6-2-3-7-23-20/h4-5,8,15H,2-3,6-7,9-13H2,1H3/t15-/m0/s1. The van der Waals surface area contributed by atoms with Gasteiger partial charge in [-0.15, -0.1) is 11.3 Å². The largest absolute Gasteiger partial charge is 0.369 e. The molecule has 132 valence electrons. The number of carbonyl (C=O) groups is 1. The monoisotopic (exact) mass is 351 g/mol. The first-order chi connectivity index (χ1) is 11.7. The van der Waals surface area contributed by atoms with Gasteiger partial charge in [-0.05, 0) is 31.3 Å². The molecule has 3 saturated heterocycles. The molecule has 24 heavy (non-hydrogen) atoms. The highest BCUT2D eigenvalue weighted by atomic mass is 32.1. The maximum Gasteiger partial charge on any atom is 0.265 e. The number of likely N-dealkylation sites (tertiary alicyclic amines) is 1. The first-order valence-corrected chi connectivity index (χ1v) is 9.56. The second-order valence-electron chi connectivity index (χ2n) is 7.13. The number of rotatable bonds is 3. The van der Waals surface area contributed by atoms with Gasteiger partial charge in [0.2, 0.25) is 0 Å². The second-order valence-corrected chi connectivity index (χ2v) is 8.16. The zero-order valence-electron chi connectivity index (χ0n) is 14.1. The summed E-state index contributed by atoms with van der Waals surface area (Å²) in [4.78, 5) is 24.1. The normalized spacial score (nSPS) is 28.0. The smallest absolute Gasteiger partial charge is 0.265 e. The lowest BCUT2D eigenvalue weighted by Gasteiger charge is -2.55. The third-order valence-electron chi connectivity index (χ3n) is 5.13.